The molecule has 0 aromatic heterocycles. The van der Waals surface area contributed by atoms with Crippen molar-refractivity contribution in [2.45, 2.75) is 364 Å². The van der Waals surface area contributed by atoms with Gasteiger partial charge in [-0.15, -0.1) is 0 Å². The second kappa shape index (κ2) is 29.2. The number of carbonyl (C=O) groups excluding carboxylic acids is 2. The van der Waals surface area contributed by atoms with Crippen LogP contribution in [0.15, 0.2) is 36.5 Å². The van der Waals surface area contributed by atoms with Crippen LogP contribution < -0.4 is 0 Å². The molecule has 17 heteroatoms. The van der Waals surface area contributed by atoms with Gasteiger partial charge in [0, 0.05) is 18.8 Å². The Morgan fingerprint density at radius 2 is 1.16 bits per heavy atom. The van der Waals surface area contributed by atoms with Crippen molar-refractivity contribution in [3.63, 3.8) is 0 Å². The van der Waals surface area contributed by atoms with Gasteiger partial charge < -0.3 is 51.2 Å². The molecule has 0 radical (unpaired) electrons. The number of ether oxygens (including phenoxy) is 6. The van der Waals surface area contributed by atoms with E-state index >= 15 is 4.79 Å². The Bertz CT molecular complexity index is 2240. The lowest BCUT2D eigenvalue weighted by molar-refractivity contribution is -0.270. The molecule has 0 aromatic rings. The summed E-state index contributed by atoms with van der Waals surface area (Å²) in [5, 5.41) is 11.3. The van der Waals surface area contributed by atoms with E-state index in [1.54, 1.807) is 6.08 Å². The van der Waals surface area contributed by atoms with E-state index in [0.717, 1.165) is 48.5 Å². The van der Waals surface area contributed by atoms with Crippen molar-refractivity contribution in [2.75, 3.05) is 0 Å². The molecule has 1 N–H and O–H groups in total. The normalized spacial score (nSPS) is 37.4. The van der Waals surface area contributed by atoms with Crippen LogP contribution in [0.4, 0.5) is 0 Å². The summed E-state index contributed by atoms with van der Waals surface area (Å²) in [7, 11) is -10.0. The zero-order valence-corrected chi connectivity index (χ0v) is 61.7. The summed E-state index contributed by atoms with van der Waals surface area (Å²) in [6, 6.07) is 2.87. The van der Waals surface area contributed by atoms with Gasteiger partial charge >= 0.3 is 5.97 Å². The lowest BCUT2D eigenvalue weighted by Crippen LogP contribution is -2.69. The highest BCUT2D eigenvalue weighted by Crippen LogP contribution is 2.49. The molecule has 6 bridgehead atoms. The van der Waals surface area contributed by atoms with Crippen molar-refractivity contribution >= 4 is 45.0 Å². The van der Waals surface area contributed by atoms with Gasteiger partial charge in [0.1, 0.15) is 30.5 Å². The molecule has 7 heterocycles. The topological polar surface area (TPSA) is 147 Å². The van der Waals surface area contributed by atoms with E-state index in [1.165, 1.54) is 0 Å². The highest BCUT2D eigenvalue weighted by molar-refractivity contribution is 6.75. The molecule has 0 saturated carbocycles. The molecule has 0 aromatic carbocycles. The van der Waals surface area contributed by atoms with Crippen LogP contribution in [0, 0.1) is 17.8 Å². The van der Waals surface area contributed by atoms with Crippen LogP contribution in [-0.2, 0) is 55.7 Å². The van der Waals surface area contributed by atoms with Crippen LogP contribution in [0.25, 0.3) is 0 Å². The molecule has 0 spiro atoms. The number of rotatable bonds is 13. The largest absolute Gasteiger partial charge is 0.459 e. The Morgan fingerprint density at radius 3 is 1.74 bits per heavy atom. The van der Waals surface area contributed by atoms with Gasteiger partial charge in [0.2, 0.25) is 0 Å². The van der Waals surface area contributed by atoms with Crippen molar-refractivity contribution in [2.24, 2.45) is 17.8 Å². The Hall–Kier alpha value is -1.17. The first-order chi connectivity index (χ1) is 39.3. The molecule has 5 saturated heterocycles. The maximum Gasteiger partial charge on any atom is 0.308 e. The van der Waals surface area contributed by atoms with E-state index in [-0.39, 0.29) is 81.7 Å². The second-order valence-electron chi connectivity index (χ2n) is 31.8. The molecule has 85 heavy (non-hydrogen) atoms. The lowest BCUT2D eigenvalue weighted by atomic mass is 9.78. The first kappa shape index (κ1) is 72.9. The summed E-state index contributed by atoms with van der Waals surface area (Å²) >= 11 is 0. The average Bonchev–Trinajstić information content (AvgIpc) is 1.40. The van der Waals surface area contributed by atoms with E-state index in [9.17, 15) is 9.90 Å². The van der Waals surface area contributed by atoms with E-state index in [1.807, 2.05) is 6.08 Å². The van der Waals surface area contributed by atoms with Crippen molar-refractivity contribution in [3.05, 3.63) is 36.5 Å². The van der Waals surface area contributed by atoms with E-state index in [0.29, 0.717) is 63.7 Å². The van der Waals surface area contributed by atoms with Gasteiger partial charge in [-0.25, -0.2) is 0 Å². The monoisotopic (exact) mass is 1260 g/mol. The summed E-state index contributed by atoms with van der Waals surface area (Å²) in [6.45, 7) is 58.7. The molecule has 7 rings (SSSR count). The number of ketones is 1. The highest BCUT2D eigenvalue weighted by Gasteiger charge is 2.59. The maximum absolute atomic E-state index is 15.1. The van der Waals surface area contributed by atoms with Gasteiger partial charge in [0.15, 0.2) is 39.1 Å². The molecule has 0 aliphatic carbocycles. The smallest absolute Gasteiger partial charge is 0.308 e. The van der Waals surface area contributed by atoms with Gasteiger partial charge in [0.05, 0.1) is 73.6 Å². The number of aliphatic hydroxyl groups excluding tert-OH is 1. The second-order valence-corrected chi connectivity index (χ2v) is 50.8. The average molecular weight is 1260 g/mol. The summed E-state index contributed by atoms with van der Waals surface area (Å²) in [6.07, 6.45) is 4.51. The van der Waals surface area contributed by atoms with Gasteiger partial charge in [-0.2, -0.15) is 0 Å². The fourth-order valence-corrected chi connectivity index (χ4v) is 20.0. The fraction of sp³-hybridized carbons (Fsp3) is 0.882. The van der Waals surface area contributed by atoms with E-state index < -0.39 is 94.3 Å². The fourth-order valence-electron chi connectivity index (χ4n) is 13.3. The SMILES string of the molecule is C=C1C(O[Si](CC)(CC)CC)C[C@@H]2OC3C[C@@H](C)[C@@H](CCC)O[C@H]3[C@H](C)[C@H]2OC(=O)CC2CC[C@@H]3O[C@H]([C@@H](O[Si](C)(C)C(C)(C)C)[C@@H](O[Si](C)(C)C(C)(C)C)[C@H]3O2)[C@@H](O[Si](C)(C)C(C)(C)C)/C=C/C(=O)CCC2CC(=C)[C@H](CC[C@@H](O)C[C@H]1C)O2. The predicted octanol–water partition coefficient (Wildman–Crippen LogP) is 15.9. The number of hydrogen-bond acceptors (Lipinski definition) is 13. The minimum atomic E-state index is -2.62. The molecular formula is C68H124O13Si4. The zero-order chi connectivity index (χ0) is 63.6. The predicted molar refractivity (Wildman–Crippen MR) is 353 cm³/mol. The molecule has 13 nitrogen and oxygen atoms in total. The van der Waals surface area contributed by atoms with Crippen molar-refractivity contribution in [1.82, 2.24) is 0 Å². The number of aliphatic hydroxyl groups is 1. The Labute approximate surface area is 521 Å². The summed E-state index contributed by atoms with van der Waals surface area (Å²) in [4.78, 5) is 29.4. The maximum atomic E-state index is 15.1. The van der Waals surface area contributed by atoms with Crippen LogP contribution in [0.2, 0.25) is 72.5 Å². The number of allylic oxidation sites excluding steroid dienone is 1. The molecular weight excluding hydrogens is 1140 g/mol. The number of fused-ring (bicyclic) bond motifs is 16. The third-order valence-electron chi connectivity index (χ3n) is 22.4. The molecule has 4 unspecified atom stereocenters. The van der Waals surface area contributed by atoms with Crippen molar-refractivity contribution < 1.29 is 60.8 Å². The van der Waals surface area contributed by atoms with Crippen LogP contribution in [-0.4, -0.2) is 148 Å². The van der Waals surface area contributed by atoms with Gasteiger partial charge in [-0.3, -0.25) is 9.59 Å². The molecule has 7 aliphatic heterocycles. The third-order valence-corrected chi connectivity index (χ3v) is 40.5. The summed E-state index contributed by atoms with van der Waals surface area (Å²) < 4.78 is 73.2. The minimum Gasteiger partial charge on any atom is -0.459 e. The van der Waals surface area contributed by atoms with Crippen LogP contribution in [0.5, 0.6) is 0 Å². The van der Waals surface area contributed by atoms with Crippen LogP contribution >= 0.6 is 0 Å². The van der Waals surface area contributed by atoms with Gasteiger partial charge in [-0.1, -0.05) is 136 Å². The Kier molecular flexibility index (Phi) is 25.0. The summed E-state index contributed by atoms with van der Waals surface area (Å²) in [5.74, 6) is -0.301. The van der Waals surface area contributed by atoms with Crippen LogP contribution in [0.1, 0.15) is 194 Å². The number of carbonyl (C=O) groups is 2. The summed E-state index contributed by atoms with van der Waals surface area (Å²) in [5.41, 5.74) is 1.94. The number of esters is 1. The van der Waals surface area contributed by atoms with Crippen LogP contribution in [0.3, 0.4) is 0 Å². The molecule has 7 aliphatic rings. The van der Waals surface area contributed by atoms with E-state index in [4.69, 9.17) is 52.7 Å². The molecule has 0 amide bonds. The standard InChI is InChI=1S/C68H124O13Si4/c1-25-29-52-45(7)40-57-60(75-52)47(9)61-58(74-57)42-56(79-85(26-2,27-3)28-4)46(8)43(5)38-49(70)32-35-53-44(6)39-50(72-53)33-30-48(69)31-36-55(78-82(19,20)66(10,11)12)63-65(81-84(23,24)68(16,17)18)64(80-83(21,22)67(13,14)15)62-54(76-63)37-34-51(73-62)41-59(71)77-61/h31,36,43,45,47,49-58,60-65,70H,6,8,25-30,32-35,37-42H2,1-5,7,9-24H3/b36-31+/t43-,45-,47+,49-,50?,51?,52-,53+,54+,55+,56?,57?,58+,60+,61-,62+,63+,64+,65-/m1/s1. The lowest BCUT2D eigenvalue weighted by Gasteiger charge is -2.56. The van der Waals surface area contributed by atoms with Gasteiger partial charge in [-0.05, 0) is 159 Å². The zero-order valence-electron chi connectivity index (χ0n) is 57.7. The highest BCUT2D eigenvalue weighted by atomic mass is 28.4. The molecule has 19 atom stereocenters. The van der Waals surface area contributed by atoms with Crippen molar-refractivity contribution in [1.29, 1.82) is 0 Å². The van der Waals surface area contributed by atoms with Gasteiger partial charge in [0.25, 0.3) is 0 Å². The van der Waals surface area contributed by atoms with E-state index in [2.05, 4.69) is 157 Å². The minimum absolute atomic E-state index is 0.0134. The Balaban J connectivity index is 1.47. The van der Waals surface area contributed by atoms with Crippen molar-refractivity contribution in [3.8, 4) is 0 Å². The first-order valence-corrected chi connectivity index (χ1v) is 45.0. The first-order valence-electron chi connectivity index (χ1n) is 33.7. The quantitative estimate of drug-likeness (QED) is 0.106. The molecule has 5 fully saturated rings. The number of hydrogen-bond donors (Lipinski definition) is 1. The Morgan fingerprint density at radius 1 is 0.600 bits per heavy atom. The molecule has 490 valence electrons. The third kappa shape index (κ3) is 17.9.